The second kappa shape index (κ2) is 12.4. The number of thiazole rings is 1. The standard InChI is InChI=1S/C29H31BrClN3O5S/c1-4-9-21-24(28(36)38-5-2)25(19-14-17(31)10-11-22(19)37-3)34-26(35)23(40-29(34)32-21)16-18-15-20(30)27(39-18)33-12-7-6-8-13-33/h10-11,14-16,25H,4-9,12-13H2,1-3H3/b23-16+/t25-/m1/s1. The van der Waals surface area contributed by atoms with E-state index in [1.165, 1.54) is 17.8 Å². The Hall–Kier alpha value is -2.82. The highest BCUT2D eigenvalue weighted by Gasteiger charge is 2.36. The monoisotopic (exact) mass is 647 g/mol. The van der Waals surface area contributed by atoms with Crippen LogP contribution in [-0.4, -0.2) is 37.3 Å². The largest absolute Gasteiger partial charge is 0.496 e. The maximum atomic E-state index is 14.0. The van der Waals surface area contributed by atoms with E-state index in [0.717, 1.165) is 42.7 Å². The van der Waals surface area contributed by atoms with Crippen molar-refractivity contribution in [2.24, 2.45) is 4.99 Å². The van der Waals surface area contributed by atoms with Gasteiger partial charge in [0.2, 0.25) is 5.88 Å². The molecule has 0 aliphatic carbocycles. The molecule has 3 aromatic rings. The molecule has 2 aliphatic rings. The number of halogens is 2. The van der Waals surface area contributed by atoms with E-state index in [4.69, 9.17) is 30.5 Å². The number of furan rings is 1. The summed E-state index contributed by atoms with van der Waals surface area (Å²) in [6.07, 6.45) is 6.50. The number of ether oxygens (including phenoxy) is 2. The summed E-state index contributed by atoms with van der Waals surface area (Å²) < 4.78 is 20.2. The van der Waals surface area contributed by atoms with Gasteiger partial charge in [-0.05, 0) is 66.7 Å². The van der Waals surface area contributed by atoms with E-state index in [2.05, 4.69) is 20.8 Å². The lowest BCUT2D eigenvalue weighted by Crippen LogP contribution is -2.40. The van der Waals surface area contributed by atoms with Crippen molar-refractivity contribution < 1.29 is 18.7 Å². The Morgan fingerprint density at radius 1 is 1.25 bits per heavy atom. The Labute approximate surface area is 249 Å². The highest BCUT2D eigenvalue weighted by atomic mass is 79.9. The van der Waals surface area contributed by atoms with Crippen molar-refractivity contribution in [3.63, 3.8) is 0 Å². The van der Waals surface area contributed by atoms with Gasteiger partial charge in [0.25, 0.3) is 5.56 Å². The first-order chi connectivity index (χ1) is 19.4. The molecule has 4 heterocycles. The van der Waals surface area contributed by atoms with E-state index >= 15 is 0 Å². The predicted molar refractivity (Wildman–Crippen MR) is 160 cm³/mol. The fourth-order valence-corrected chi connectivity index (χ4v) is 6.96. The molecule has 1 fully saturated rings. The normalized spacial score (nSPS) is 17.6. The van der Waals surface area contributed by atoms with Gasteiger partial charge in [-0.2, -0.15) is 0 Å². The zero-order valence-electron chi connectivity index (χ0n) is 22.7. The number of piperidine rings is 1. The minimum Gasteiger partial charge on any atom is -0.496 e. The molecule has 0 amide bonds. The number of aromatic nitrogens is 1. The number of allylic oxidation sites excluding steroid dienone is 1. The third kappa shape index (κ3) is 5.53. The maximum absolute atomic E-state index is 14.0. The van der Waals surface area contributed by atoms with Crippen LogP contribution in [0.15, 0.2) is 54.2 Å². The average molecular weight is 649 g/mol. The van der Waals surface area contributed by atoms with Gasteiger partial charge in [0.15, 0.2) is 4.80 Å². The summed E-state index contributed by atoms with van der Waals surface area (Å²) in [6, 6.07) is 6.23. The number of nitrogens with zero attached hydrogens (tertiary/aromatic N) is 3. The molecule has 0 unspecified atom stereocenters. The first-order valence-corrected chi connectivity index (χ1v) is 15.4. The molecule has 8 nitrogen and oxygen atoms in total. The number of fused-ring (bicyclic) bond motifs is 1. The molecule has 2 aromatic heterocycles. The molecule has 0 N–H and O–H groups in total. The minimum absolute atomic E-state index is 0.193. The molecule has 0 saturated carbocycles. The van der Waals surface area contributed by atoms with Gasteiger partial charge in [0.05, 0.1) is 34.0 Å². The number of carbonyl (C=O) groups excluding carboxylic acids is 1. The SMILES string of the molecule is CCCC1=C(C(=O)OCC)[C@@H](c2cc(Cl)ccc2OC)n2c(s/c(=C/c3cc(Br)c(N4CCCCC4)o3)c2=O)=N1. The summed E-state index contributed by atoms with van der Waals surface area (Å²) in [5.74, 6) is 1.32. The van der Waals surface area contributed by atoms with Gasteiger partial charge in [-0.3, -0.25) is 9.36 Å². The van der Waals surface area contributed by atoms with Gasteiger partial charge in [-0.25, -0.2) is 9.79 Å². The molecule has 5 rings (SSSR count). The number of benzene rings is 1. The van der Waals surface area contributed by atoms with E-state index in [1.807, 2.05) is 13.0 Å². The van der Waals surface area contributed by atoms with Crippen LogP contribution in [0.1, 0.15) is 63.3 Å². The molecule has 40 heavy (non-hydrogen) atoms. The summed E-state index contributed by atoms with van der Waals surface area (Å²) in [5.41, 5.74) is 1.20. The molecule has 0 spiro atoms. The van der Waals surface area contributed by atoms with Crippen LogP contribution in [0.25, 0.3) is 6.08 Å². The lowest BCUT2D eigenvalue weighted by atomic mass is 9.93. The highest BCUT2D eigenvalue weighted by Crippen LogP contribution is 2.38. The number of hydrogen-bond donors (Lipinski definition) is 0. The zero-order chi connectivity index (χ0) is 28.4. The van der Waals surface area contributed by atoms with Crippen LogP contribution < -0.4 is 24.5 Å². The van der Waals surface area contributed by atoms with Crippen LogP contribution in [0.3, 0.4) is 0 Å². The van der Waals surface area contributed by atoms with Crippen molar-refractivity contribution in [1.82, 2.24) is 4.57 Å². The van der Waals surface area contributed by atoms with Crippen molar-refractivity contribution >= 4 is 56.8 Å². The van der Waals surface area contributed by atoms with Gasteiger partial charge >= 0.3 is 5.97 Å². The highest BCUT2D eigenvalue weighted by molar-refractivity contribution is 9.10. The number of esters is 1. The first kappa shape index (κ1) is 28.7. The molecule has 212 valence electrons. The van der Waals surface area contributed by atoms with Crippen molar-refractivity contribution in [3.8, 4) is 5.75 Å². The molecule has 11 heteroatoms. The fraction of sp³-hybridized carbons (Fsp3) is 0.414. The van der Waals surface area contributed by atoms with Crippen LogP contribution in [0.2, 0.25) is 5.02 Å². The second-order valence-corrected chi connectivity index (χ2v) is 11.9. The van der Waals surface area contributed by atoms with Gasteiger partial charge in [0.1, 0.15) is 17.6 Å². The Bertz CT molecular complexity index is 1630. The molecular weight excluding hydrogens is 618 g/mol. The number of hydrogen-bond acceptors (Lipinski definition) is 8. The lowest BCUT2D eigenvalue weighted by molar-refractivity contribution is -0.139. The Morgan fingerprint density at radius 3 is 2.73 bits per heavy atom. The Morgan fingerprint density at radius 2 is 2.02 bits per heavy atom. The maximum Gasteiger partial charge on any atom is 0.338 e. The van der Waals surface area contributed by atoms with Crippen LogP contribution in [0.4, 0.5) is 5.88 Å². The molecule has 1 atom stereocenters. The molecule has 0 radical (unpaired) electrons. The lowest BCUT2D eigenvalue weighted by Gasteiger charge is -2.27. The smallest absolute Gasteiger partial charge is 0.338 e. The molecule has 2 aliphatic heterocycles. The van der Waals surface area contributed by atoms with E-state index in [1.54, 1.807) is 42.9 Å². The topological polar surface area (TPSA) is 86.3 Å². The molecule has 0 bridgehead atoms. The predicted octanol–water partition coefficient (Wildman–Crippen LogP) is 5.59. The molecular formula is C29H31BrClN3O5S. The Balaban J connectivity index is 1.71. The average Bonchev–Trinajstić information content (AvgIpc) is 3.47. The van der Waals surface area contributed by atoms with Crippen LogP contribution in [-0.2, 0) is 9.53 Å². The minimum atomic E-state index is -0.820. The van der Waals surface area contributed by atoms with Crippen molar-refractivity contribution in [2.45, 2.75) is 52.0 Å². The summed E-state index contributed by atoms with van der Waals surface area (Å²) in [6.45, 7) is 5.84. The van der Waals surface area contributed by atoms with E-state index in [0.29, 0.717) is 49.1 Å². The van der Waals surface area contributed by atoms with Crippen molar-refractivity contribution in [1.29, 1.82) is 0 Å². The number of anilines is 1. The summed E-state index contributed by atoms with van der Waals surface area (Å²) in [5, 5.41) is 0.459. The van der Waals surface area contributed by atoms with Gasteiger partial charge < -0.3 is 18.8 Å². The molecule has 1 aromatic carbocycles. The van der Waals surface area contributed by atoms with E-state index in [-0.39, 0.29) is 12.2 Å². The summed E-state index contributed by atoms with van der Waals surface area (Å²) >= 11 is 11.3. The summed E-state index contributed by atoms with van der Waals surface area (Å²) in [7, 11) is 1.55. The van der Waals surface area contributed by atoms with Gasteiger partial charge in [-0.1, -0.05) is 36.3 Å². The van der Waals surface area contributed by atoms with Crippen molar-refractivity contribution in [2.75, 3.05) is 31.7 Å². The number of methoxy groups -OCH3 is 1. The first-order valence-electron chi connectivity index (χ1n) is 13.5. The van der Waals surface area contributed by atoms with Crippen LogP contribution in [0.5, 0.6) is 5.75 Å². The third-order valence-electron chi connectivity index (χ3n) is 6.98. The van der Waals surface area contributed by atoms with Gasteiger partial charge in [0, 0.05) is 35.8 Å². The summed E-state index contributed by atoms with van der Waals surface area (Å²) in [4.78, 5) is 35.0. The quantitative estimate of drug-likeness (QED) is 0.296. The zero-order valence-corrected chi connectivity index (χ0v) is 25.8. The van der Waals surface area contributed by atoms with Crippen LogP contribution >= 0.6 is 38.9 Å². The molecule has 1 saturated heterocycles. The number of carbonyl (C=O) groups is 1. The van der Waals surface area contributed by atoms with E-state index in [9.17, 15) is 9.59 Å². The van der Waals surface area contributed by atoms with Crippen LogP contribution in [0, 0.1) is 0 Å². The Kier molecular flexibility index (Phi) is 8.87. The fourth-order valence-electron chi connectivity index (χ4n) is 5.22. The number of rotatable bonds is 8. The van der Waals surface area contributed by atoms with Crippen molar-refractivity contribution in [3.05, 3.63) is 76.0 Å². The van der Waals surface area contributed by atoms with E-state index < -0.39 is 12.0 Å². The van der Waals surface area contributed by atoms with Gasteiger partial charge in [-0.15, -0.1) is 0 Å². The third-order valence-corrected chi connectivity index (χ3v) is 8.77. The second-order valence-electron chi connectivity index (χ2n) is 9.65.